The Labute approximate surface area is 397 Å². The van der Waals surface area contributed by atoms with Crippen molar-refractivity contribution in [2.24, 2.45) is 0 Å². The van der Waals surface area contributed by atoms with Gasteiger partial charge in [-0.2, -0.15) is 45.6 Å². The Kier molecular flexibility index (Phi) is 29.0. The van der Waals surface area contributed by atoms with Crippen LogP contribution in [0.15, 0.2) is 23.5 Å². The second-order valence-corrected chi connectivity index (χ2v) is 18.0. The molecule has 0 amide bonds. The van der Waals surface area contributed by atoms with Gasteiger partial charge in [0.15, 0.2) is 0 Å². The van der Waals surface area contributed by atoms with Gasteiger partial charge in [-0.05, 0) is 42.3 Å². The van der Waals surface area contributed by atoms with E-state index < -0.39 is 0 Å². The van der Waals surface area contributed by atoms with Gasteiger partial charge in [0.25, 0.3) is 0 Å². The van der Waals surface area contributed by atoms with Crippen molar-refractivity contribution in [3.8, 4) is 0 Å². The standard InChI is InChI=1S/C14H28N4.C14H24N4.2C10H15.2H2O.2W/c2*1-17(2)11-5-7-15-13(9-11)14-10-12(18(3)4)6-8-16-14;2*1-6-7(2)9(4)10(5)8(6)3;;;;/h11-14H,5-10H2,1-4H3;5,9,12,14H,6-8,10H2,1-4H3;2*1-5H3;2*1H2;;/q2*-2;-5;-1;;;;. The Morgan fingerprint density at radius 2 is 0.883 bits per heavy atom. The number of hydrogen-bond donors (Lipinski definition) is 0. The molecule has 2 aromatic rings. The van der Waals surface area contributed by atoms with Crippen molar-refractivity contribution in [3.63, 3.8) is 0 Å². The zero-order valence-corrected chi connectivity index (χ0v) is 47.0. The average molecular weight is 1170 g/mol. The van der Waals surface area contributed by atoms with Crippen LogP contribution < -0.4 is 0 Å². The van der Waals surface area contributed by atoms with Crippen LogP contribution >= 0.6 is 0 Å². The van der Waals surface area contributed by atoms with Crippen LogP contribution in [0, 0.1) is 69.2 Å². The second kappa shape index (κ2) is 28.6. The van der Waals surface area contributed by atoms with E-state index in [1.54, 1.807) is 0 Å². The van der Waals surface area contributed by atoms with Gasteiger partial charge in [0, 0.05) is 80.0 Å². The number of piperidine rings is 3. The van der Waals surface area contributed by atoms with Crippen LogP contribution in [-0.4, -0.2) is 149 Å². The fraction of sp³-hybridized carbons (Fsp3) is 0.708. The summed E-state index contributed by atoms with van der Waals surface area (Å²) in [5, 5.41) is 19.1. The van der Waals surface area contributed by atoms with Crippen LogP contribution in [0.5, 0.6) is 0 Å². The molecule has 4 aliphatic heterocycles. The molecule has 0 saturated carbocycles. The van der Waals surface area contributed by atoms with E-state index in [1.807, 2.05) is 0 Å². The van der Waals surface area contributed by atoms with E-state index in [0.717, 1.165) is 38.3 Å². The molecule has 352 valence electrons. The van der Waals surface area contributed by atoms with E-state index >= 15 is 0 Å². The van der Waals surface area contributed by atoms with Crippen LogP contribution in [0.3, 0.4) is 0 Å². The first-order valence-electron chi connectivity index (χ1n) is 21.4. The number of nitrogens with zero attached hydrogens (tertiary/aromatic N) is 8. The Balaban J connectivity index is 0. The molecule has 10 nitrogen and oxygen atoms in total. The van der Waals surface area contributed by atoms with Crippen molar-refractivity contribution in [1.82, 2.24) is 19.6 Å². The first-order chi connectivity index (χ1) is 26.3. The van der Waals surface area contributed by atoms with Crippen molar-refractivity contribution in [1.29, 1.82) is 0 Å². The molecule has 3 saturated heterocycles. The summed E-state index contributed by atoms with van der Waals surface area (Å²) in [5.41, 5.74) is 17.1. The number of allylic oxidation sites excluding steroid dienone is 1. The van der Waals surface area contributed by atoms with Gasteiger partial charge in [-0.25, -0.2) is 34.6 Å². The molecule has 6 atom stereocenters. The van der Waals surface area contributed by atoms with E-state index in [-0.39, 0.29) is 59.1 Å². The molecule has 60 heavy (non-hydrogen) atoms. The molecule has 0 aliphatic carbocycles. The monoisotopic (exact) mass is 1170 g/mol. The molecule has 3 fully saturated rings. The SMILES string of the molecule is CN(C)C1=CC[N-]C(C2CC(N(C)C)CC[N-]2)=C1.CN(C)C1CC[N-]C(C2CC(N(C)C)CC[N-]2)C1.C[c-]1[c-](C)[c-](C)[c-](C)[c-]1C.Cc1c(C)c(C)[c-](C)c1C.O.O.[W].[W]. The molecule has 0 bridgehead atoms. The van der Waals surface area contributed by atoms with Gasteiger partial charge in [-0.1, -0.05) is 85.3 Å². The van der Waals surface area contributed by atoms with Crippen molar-refractivity contribution < 1.29 is 53.1 Å². The predicted molar refractivity (Wildman–Crippen MR) is 253 cm³/mol. The van der Waals surface area contributed by atoms with Gasteiger partial charge in [-0.3, -0.25) is 0 Å². The van der Waals surface area contributed by atoms with E-state index in [0.29, 0.717) is 30.2 Å². The van der Waals surface area contributed by atoms with E-state index in [1.165, 1.54) is 93.4 Å². The van der Waals surface area contributed by atoms with Crippen LogP contribution in [-0.2, 0) is 42.1 Å². The topological polar surface area (TPSA) is 132 Å². The summed E-state index contributed by atoms with van der Waals surface area (Å²) in [7, 11) is 17.2. The molecular formula is C48H86N8O2W2-10. The van der Waals surface area contributed by atoms with Crippen molar-refractivity contribution in [2.75, 3.05) is 82.6 Å². The third-order valence-electron chi connectivity index (χ3n) is 14.0. The fourth-order valence-electron chi connectivity index (χ4n) is 8.56. The summed E-state index contributed by atoms with van der Waals surface area (Å²) in [6.07, 6.45) is 11.4. The average Bonchev–Trinajstić information content (AvgIpc) is 3.47. The van der Waals surface area contributed by atoms with E-state index in [4.69, 9.17) is 16.0 Å². The zero-order valence-electron chi connectivity index (χ0n) is 41.1. The first kappa shape index (κ1) is 60.9. The van der Waals surface area contributed by atoms with Crippen LogP contribution in [0.25, 0.3) is 21.3 Å². The summed E-state index contributed by atoms with van der Waals surface area (Å²) in [5.74, 6) is 0. The van der Waals surface area contributed by atoms with Crippen LogP contribution in [0.2, 0.25) is 0 Å². The summed E-state index contributed by atoms with van der Waals surface area (Å²) in [4.78, 5) is 9.16. The summed E-state index contributed by atoms with van der Waals surface area (Å²) in [6, 6.07) is 3.25. The molecule has 4 aliphatic rings. The number of likely N-dealkylation sites (N-methyl/N-ethyl adjacent to an activating group) is 1. The maximum atomic E-state index is 4.84. The van der Waals surface area contributed by atoms with Crippen molar-refractivity contribution >= 4 is 0 Å². The van der Waals surface area contributed by atoms with Gasteiger partial charge in [0.1, 0.15) is 0 Å². The Morgan fingerprint density at radius 3 is 1.20 bits per heavy atom. The minimum atomic E-state index is 0. The zero-order chi connectivity index (χ0) is 42.0. The third kappa shape index (κ3) is 16.8. The molecule has 2 aromatic carbocycles. The first-order valence-corrected chi connectivity index (χ1v) is 21.4. The minimum Gasteiger partial charge on any atom is -0.731 e. The number of hydrogen-bond acceptors (Lipinski definition) is 4. The summed E-state index contributed by atoms with van der Waals surface area (Å²) in [6.45, 7) is 25.8. The molecule has 0 spiro atoms. The molecule has 6 rings (SSSR count). The van der Waals surface area contributed by atoms with Crippen LogP contribution in [0.1, 0.15) is 94.2 Å². The Morgan fingerprint density at radius 1 is 0.533 bits per heavy atom. The van der Waals surface area contributed by atoms with Gasteiger partial charge < -0.3 is 79.6 Å². The largest absolute Gasteiger partial charge is 0.731 e. The van der Waals surface area contributed by atoms with Gasteiger partial charge in [-0.15, -0.1) is 32.2 Å². The summed E-state index contributed by atoms with van der Waals surface area (Å²) < 4.78 is 0. The van der Waals surface area contributed by atoms with Gasteiger partial charge in [0.05, 0.1) is 0 Å². The number of rotatable bonds is 6. The predicted octanol–water partition coefficient (Wildman–Crippen LogP) is 8.33. The smallest absolute Gasteiger partial charge is 0.0289 e. The molecule has 4 heterocycles. The van der Waals surface area contributed by atoms with Gasteiger partial charge >= 0.3 is 0 Å². The summed E-state index contributed by atoms with van der Waals surface area (Å²) >= 11 is 0. The fourth-order valence-corrected chi connectivity index (χ4v) is 8.56. The minimum absolute atomic E-state index is 0. The maximum absolute atomic E-state index is 4.84. The van der Waals surface area contributed by atoms with E-state index in [9.17, 15) is 0 Å². The molecule has 0 radical (unpaired) electrons. The second-order valence-electron chi connectivity index (χ2n) is 18.0. The molecule has 6 unspecified atom stereocenters. The Hall–Kier alpha value is -1.16. The quantitative estimate of drug-likeness (QED) is 0.269. The maximum Gasteiger partial charge on any atom is 0.0289 e. The molecule has 12 heteroatoms. The Bertz CT molecular complexity index is 1350. The van der Waals surface area contributed by atoms with Crippen molar-refractivity contribution in [2.45, 2.75) is 144 Å². The van der Waals surface area contributed by atoms with Crippen molar-refractivity contribution in [3.05, 3.63) is 100 Å². The normalized spacial score (nSPS) is 23.6. The van der Waals surface area contributed by atoms with E-state index in [2.05, 4.69) is 163 Å². The molecule has 0 aromatic heterocycles. The van der Waals surface area contributed by atoms with Crippen LogP contribution in [0.4, 0.5) is 0 Å². The molecular weight excluding hydrogens is 1090 g/mol. The molecule has 4 N–H and O–H groups in total. The van der Waals surface area contributed by atoms with Gasteiger partial charge in [0.2, 0.25) is 0 Å². The third-order valence-corrected chi connectivity index (χ3v) is 14.0.